The number of hydrogen-bond acceptors (Lipinski definition) is 4. The third-order valence-corrected chi connectivity index (χ3v) is 6.05. The van der Waals surface area contributed by atoms with Crippen molar-refractivity contribution in [1.82, 2.24) is 5.32 Å². The first-order chi connectivity index (χ1) is 12.0. The number of carbonyl (C=O) groups is 1. The van der Waals surface area contributed by atoms with E-state index in [1.165, 1.54) is 19.3 Å². The van der Waals surface area contributed by atoms with E-state index in [1.807, 2.05) is 25.1 Å². The van der Waals surface area contributed by atoms with E-state index >= 15 is 0 Å². The van der Waals surface area contributed by atoms with Crippen LogP contribution in [-0.2, 0) is 4.79 Å². The van der Waals surface area contributed by atoms with Crippen LogP contribution in [0, 0.1) is 17.8 Å². The molecule has 0 saturated heterocycles. The van der Waals surface area contributed by atoms with Crippen LogP contribution in [0.1, 0.15) is 50.6 Å². The third kappa shape index (κ3) is 3.76. The average molecular weight is 346 g/mol. The molecule has 0 heterocycles. The SMILES string of the molecule is COc1ccc(OC)c(C(C)NC(=O)C2CC3CCCC(C2)C3N)c1. The van der Waals surface area contributed by atoms with Gasteiger partial charge in [0.1, 0.15) is 11.5 Å². The van der Waals surface area contributed by atoms with Gasteiger partial charge in [0.25, 0.3) is 0 Å². The lowest BCUT2D eigenvalue weighted by Crippen LogP contribution is -2.49. The van der Waals surface area contributed by atoms with Crippen LogP contribution >= 0.6 is 0 Å². The van der Waals surface area contributed by atoms with Crippen LogP contribution in [0.4, 0.5) is 0 Å². The highest BCUT2D eigenvalue weighted by Crippen LogP contribution is 2.42. The van der Waals surface area contributed by atoms with Gasteiger partial charge in [0.2, 0.25) is 5.91 Å². The summed E-state index contributed by atoms with van der Waals surface area (Å²) in [5, 5.41) is 3.18. The van der Waals surface area contributed by atoms with Crippen molar-refractivity contribution in [3.8, 4) is 11.5 Å². The van der Waals surface area contributed by atoms with Gasteiger partial charge in [-0.3, -0.25) is 4.79 Å². The second-order valence-electron chi connectivity index (χ2n) is 7.53. The molecule has 1 aromatic rings. The van der Waals surface area contributed by atoms with Crippen LogP contribution in [0.5, 0.6) is 11.5 Å². The quantitative estimate of drug-likeness (QED) is 0.859. The molecule has 0 aliphatic heterocycles. The highest BCUT2D eigenvalue weighted by atomic mass is 16.5. The lowest BCUT2D eigenvalue weighted by Gasteiger charge is -2.43. The van der Waals surface area contributed by atoms with Crippen molar-refractivity contribution in [1.29, 1.82) is 0 Å². The van der Waals surface area contributed by atoms with E-state index in [4.69, 9.17) is 15.2 Å². The minimum absolute atomic E-state index is 0.0779. The maximum Gasteiger partial charge on any atom is 0.223 e. The van der Waals surface area contributed by atoms with E-state index in [0.717, 1.165) is 29.9 Å². The Morgan fingerprint density at radius 1 is 1.20 bits per heavy atom. The Labute approximate surface area is 150 Å². The highest BCUT2D eigenvalue weighted by Gasteiger charge is 2.40. The Morgan fingerprint density at radius 2 is 1.88 bits per heavy atom. The van der Waals surface area contributed by atoms with Gasteiger partial charge in [-0.15, -0.1) is 0 Å². The summed E-state index contributed by atoms with van der Waals surface area (Å²) in [6.07, 6.45) is 5.44. The van der Waals surface area contributed by atoms with E-state index in [9.17, 15) is 4.79 Å². The van der Waals surface area contributed by atoms with Gasteiger partial charge in [-0.1, -0.05) is 6.42 Å². The number of nitrogens with one attached hydrogen (secondary N) is 1. The third-order valence-electron chi connectivity index (χ3n) is 6.05. The number of nitrogens with two attached hydrogens (primary N) is 1. The van der Waals surface area contributed by atoms with Gasteiger partial charge in [-0.25, -0.2) is 0 Å². The van der Waals surface area contributed by atoms with Gasteiger partial charge in [0.15, 0.2) is 0 Å². The van der Waals surface area contributed by atoms with E-state index in [2.05, 4.69) is 5.32 Å². The van der Waals surface area contributed by atoms with Crippen molar-refractivity contribution in [2.75, 3.05) is 14.2 Å². The molecular formula is C20H30N2O3. The molecule has 5 nitrogen and oxygen atoms in total. The minimum Gasteiger partial charge on any atom is -0.497 e. The molecule has 0 aromatic heterocycles. The smallest absolute Gasteiger partial charge is 0.223 e. The summed E-state index contributed by atoms with van der Waals surface area (Å²) in [5.41, 5.74) is 7.28. The zero-order valence-corrected chi connectivity index (χ0v) is 15.5. The molecule has 3 N–H and O–H groups in total. The molecule has 1 aromatic carbocycles. The molecule has 2 saturated carbocycles. The number of rotatable bonds is 5. The van der Waals surface area contributed by atoms with Crippen LogP contribution < -0.4 is 20.5 Å². The summed E-state index contributed by atoms with van der Waals surface area (Å²) in [6.45, 7) is 1.99. The van der Waals surface area contributed by atoms with E-state index < -0.39 is 0 Å². The summed E-state index contributed by atoms with van der Waals surface area (Å²) in [5.74, 6) is 2.75. The lowest BCUT2D eigenvalue weighted by atomic mass is 9.65. The first kappa shape index (κ1) is 18.1. The summed E-state index contributed by atoms with van der Waals surface area (Å²) in [7, 11) is 3.28. The number of amides is 1. The molecule has 5 heteroatoms. The highest BCUT2D eigenvalue weighted by molar-refractivity contribution is 5.79. The number of hydrogen-bond donors (Lipinski definition) is 2. The van der Waals surface area contributed by atoms with Gasteiger partial charge >= 0.3 is 0 Å². The predicted octanol–water partition coefficient (Wildman–Crippen LogP) is 3.03. The van der Waals surface area contributed by atoms with Crippen molar-refractivity contribution in [2.45, 2.75) is 51.1 Å². The molecule has 3 unspecified atom stereocenters. The molecule has 1 amide bonds. The monoisotopic (exact) mass is 346 g/mol. The summed E-state index contributed by atoms with van der Waals surface area (Å²) < 4.78 is 10.8. The maximum absolute atomic E-state index is 12.8. The first-order valence-electron chi connectivity index (χ1n) is 9.31. The molecular weight excluding hydrogens is 316 g/mol. The number of carbonyl (C=O) groups excluding carboxylic acids is 1. The number of methoxy groups -OCH3 is 2. The molecule has 2 bridgehead atoms. The fourth-order valence-corrected chi connectivity index (χ4v) is 4.59. The van der Waals surface area contributed by atoms with Gasteiger partial charge in [-0.2, -0.15) is 0 Å². The number of fused-ring (bicyclic) bond motifs is 2. The van der Waals surface area contributed by atoms with E-state index in [1.54, 1.807) is 14.2 Å². The summed E-state index contributed by atoms with van der Waals surface area (Å²) in [6, 6.07) is 5.82. The largest absolute Gasteiger partial charge is 0.497 e. The zero-order chi connectivity index (χ0) is 18.0. The van der Waals surface area contributed by atoms with Gasteiger partial charge in [0.05, 0.1) is 20.3 Å². The number of ether oxygens (including phenoxy) is 2. The van der Waals surface area contributed by atoms with Crippen molar-refractivity contribution < 1.29 is 14.3 Å². The average Bonchev–Trinajstić information content (AvgIpc) is 2.60. The molecule has 0 radical (unpaired) electrons. The Kier molecular flexibility index (Phi) is 5.52. The normalized spacial score (nSPS) is 29.6. The van der Waals surface area contributed by atoms with Crippen LogP contribution in [0.25, 0.3) is 0 Å². The molecule has 2 fully saturated rings. The molecule has 2 aliphatic rings. The van der Waals surface area contributed by atoms with E-state index in [-0.39, 0.29) is 23.9 Å². The van der Waals surface area contributed by atoms with Crippen LogP contribution in [0.3, 0.4) is 0 Å². The summed E-state index contributed by atoms with van der Waals surface area (Å²) in [4.78, 5) is 12.8. The molecule has 0 spiro atoms. The van der Waals surface area contributed by atoms with Crippen molar-refractivity contribution >= 4 is 5.91 Å². The van der Waals surface area contributed by atoms with Crippen LogP contribution in [0.2, 0.25) is 0 Å². The van der Waals surface area contributed by atoms with Gasteiger partial charge in [0, 0.05) is 17.5 Å². The standard InChI is InChI=1S/C20H30N2O3/c1-12(17-11-16(24-2)7-8-18(17)25-3)22-20(23)15-9-13-5-4-6-14(10-15)19(13)21/h7-8,11-15,19H,4-6,9-10,21H2,1-3H3,(H,22,23). The van der Waals surface area contributed by atoms with Crippen molar-refractivity contribution in [3.05, 3.63) is 23.8 Å². The van der Waals surface area contributed by atoms with Crippen LogP contribution in [0.15, 0.2) is 18.2 Å². The Bertz CT molecular complexity index is 605. The van der Waals surface area contributed by atoms with Crippen LogP contribution in [-0.4, -0.2) is 26.2 Å². The molecule has 25 heavy (non-hydrogen) atoms. The zero-order valence-electron chi connectivity index (χ0n) is 15.5. The second-order valence-corrected chi connectivity index (χ2v) is 7.53. The fourth-order valence-electron chi connectivity index (χ4n) is 4.59. The molecule has 2 aliphatic carbocycles. The molecule has 138 valence electrons. The van der Waals surface area contributed by atoms with Gasteiger partial charge in [-0.05, 0) is 62.6 Å². The minimum atomic E-state index is -0.131. The van der Waals surface area contributed by atoms with Crippen molar-refractivity contribution in [2.24, 2.45) is 23.5 Å². The fraction of sp³-hybridized carbons (Fsp3) is 0.650. The molecule has 3 atom stereocenters. The topological polar surface area (TPSA) is 73.6 Å². The second kappa shape index (κ2) is 7.65. The maximum atomic E-state index is 12.8. The van der Waals surface area contributed by atoms with Gasteiger partial charge < -0.3 is 20.5 Å². The first-order valence-corrected chi connectivity index (χ1v) is 9.31. The summed E-state index contributed by atoms with van der Waals surface area (Å²) >= 11 is 0. The predicted molar refractivity (Wildman–Crippen MR) is 97.6 cm³/mol. The lowest BCUT2D eigenvalue weighted by molar-refractivity contribution is -0.128. The number of benzene rings is 1. The Hall–Kier alpha value is -1.75. The Balaban J connectivity index is 1.69. The van der Waals surface area contributed by atoms with Crippen molar-refractivity contribution in [3.63, 3.8) is 0 Å². The Morgan fingerprint density at radius 3 is 2.48 bits per heavy atom. The van der Waals surface area contributed by atoms with E-state index in [0.29, 0.717) is 11.8 Å². The molecule has 3 rings (SSSR count).